The van der Waals surface area contributed by atoms with Crippen molar-refractivity contribution in [2.75, 3.05) is 20.3 Å². The van der Waals surface area contributed by atoms with Crippen molar-refractivity contribution in [3.05, 3.63) is 38.3 Å². The maximum Gasteiger partial charge on any atom is 0.0763 e. The van der Waals surface area contributed by atoms with E-state index in [1.165, 1.54) is 10.4 Å². The number of nitrogens with zero attached hydrogens (tertiary/aromatic N) is 2. The van der Waals surface area contributed by atoms with E-state index >= 15 is 0 Å². The number of thiophene rings is 1. The van der Waals surface area contributed by atoms with Gasteiger partial charge in [0.2, 0.25) is 0 Å². The van der Waals surface area contributed by atoms with Crippen LogP contribution in [0.15, 0.2) is 22.1 Å². The van der Waals surface area contributed by atoms with Crippen LogP contribution in [0, 0.1) is 6.92 Å². The zero-order chi connectivity index (χ0) is 13.7. The summed E-state index contributed by atoms with van der Waals surface area (Å²) in [7, 11) is 1.71. The largest absolute Gasteiger partial charge is 0.383 e. The molecule has 2 rings (SSSR count). The summed E-state index contributed by atoms with van der Waals surface area (Å²) < 4.78 is 8.17. The summed E-state index contributed by atoms with van der Waals surface area (Å²) in [6.07, 6.45) is 2.11. The predicted octanol–water partition coefficient (Wildman–Crippen LogP) is 2.80. The molecule has 0 fully saturated rings. The Morgan fingerprint density at radius 2 is 2.37 bits per heavy atom. The van der Waals surface area contributed by atoms with E-state index in [2.05, 4.69) is 44.0 Å². The minimum atomic E-state index is 0.731. The fraction of sp³-hybridized carbons (Fsp3) is 0.462. The Kier molecular flexibility index (Phi) is 5.57. The van der Waals surface area contributed by atoms with Crippen molar-refractivity contribution in [3.63, 3.8) is 0 Å². The van der Waals surface area contributed by atoms with Gasteiger partial charge in [-0.3, -0.25) is 4.68 Å². The van der Waals surface area contributed by atoms with Crippen molar-refractivity contribution in [2.24, 2.45) is 0 Å². The van der Waals surface area contributed by atoms with E-state index in [1.54, 1.807) is 18.4 Å². The molecule has 0 aliphatic rings. The number of halogens is 1. The average molecular weight is 344 g/mol. The van der Waals surface area contributed by atoms with E-state index in [0.29, 0.717) is 0 Å². The van der Waals surface area contributed by atoms with Gasteiger partial charge in [-0.25, -0.2) is 0 Å². The summed E-state index contributed by atoms with van der Waals surface area (Å²) in [6.45, 7) is 5.29. The van der Waals surface area contributed by atoms with Gasteiger partial charge in [-0.15, -0.1) is 11.3 Å². The number of aromatic nitrogens is 2. The number of methoxy groups -OCH3 is 1. The van der Waals surface area contributed by atoms with E-state index in [4.69, 9.17) is 4.74 Å². The number of rotatable bonds is 7. The number of hydrogen-bond acceptors (Lipinski definition) is 4. The predicted molar refractivity (Wildman–Crippen MR) is 81.7 cm³/mol. The fourth-order valence-electron chi connectivity index (χ4n) is 1.80. The van der Waals surface area contributed by atoms with Crippen LogP contribution in [0.25, 0.3) is 0 Å². The molecule has 0 amide bonds. The first-order valence-corrected chi connectivity index (χ1v) is 7.82. The Morgan fingerprint density at radius 3 is 3.05 bits per heavy atom. The molecule has 6 heteroatoms. The molecular formula is C13H18BrN3OS. The molecule has 0 aliphatic heterocycles. The quantitative estimate of drug-likeness (QED) is 0.785. The second kappa shape index (κ2) is 7.19. The lowest BCUT2D eigenvalue weighted by Gasteiger charge is -2.02. The van der Waals surface area contributed by atoms with E-state index in [-0.39, 0.29) is 0 Å². The molecule has 0 spiro atoms. The van der Waals surface area contributed by atoms with Crippen LogP contribution >= 0.6 is 27.3 Å². The Balaban J connectivity index is 1.94. The van der Waals surface area contributed by atoms with Gasteiger partial charge in [0, 0.05) is 41.3 Å². The monoisotopic (exact) mass is 343 g/mol. The standard InChI is InChI=1S/C13H18BrN3OS/c1-10-11(7-15-4-5-18-2)8-17(16-10)9-13-12(14)3-6-19-13/h3,6,8,15H,4-5,7,9H2,1-2H3. The number of ether oxygens (including phenoxy) is 1. The zero-order valence-electron chi connectivity index (χ0n) is 11.1. The molecule has 2 aromatic heterocycles. The van der Waals surface area contributed by atoms with Crippen LogP contribution in [-0.4, -0.2) is 30.0 Å². The summed E-state index contributed by atoms with van der Waals surface area (Å²) >= 11 is 5.30. The number of nitrogens with one attached hydrogen (secondary N) is 1. The van der Waals surface area contributed by atoms with Crippen LogP contribution in [-0.2, 0) is 17.8 Å². The zero-order valence-corrected chi connectivity index (χ0v) is 13.6. The van der Waals surface area contributed by atoms with Gasteiger partial charge in [0.1, 0.15) is 0 Å². The first kappa shape index (κ1) is 14.7. The molecule has 0 radical (unpaired) electrons. The lowest BCUT2D eigenvalue weighted by atomic mass is 10.2. The summed E-state index contributed by atoms with van der Waals surface area (Å²) in [5.74, 6) is 0. The van der Waals surface area contributed by atoms with Crippen LogP contribution in [0.2, 0.25) is 0 Å². The van der Waals surface area contributed by atoms with E-state index in [0.717, 1.165) is 36.4 Å². The molecule has 0 aliphatic carbocycles. The van der Waals surface area contributed by atoms with Crippen molar-refractivity contribution in [1.29, 1.82) is 0 Å². The second-order valence-electron chi connectivity index (χ2n) is 4.30. The Hall–Kier alpha value is -0.690. The first-order chi connectivity index (χ1) is 9.20. The highest BCUT2D eigenvalue weighted by Crippen LogP contribution is 2.23. The second-order valence-corrected chi connectivity index (χ2v) is 6.15. The Bertz CT molecular complexity index is 524. The average Bonchev–Trinajstić information content (AvgIpc) is 2.93. The van der Waals surface area contributed by atoms with Gasteiger partial charge in [-0.2, -0.15) is 5.10 Å². The number of hydrogen-bond donors (Lipinski definition) is 1. The van der Waals surface area contributed by atoms with E-state index in [1.807, 2.05) is 11.6 Å². The van der Waals surface area contributed by atoms with E-state index < -0.39 is 0 Å². The third-order valence-electron chi connectivity index (χ3n) is 2.84. The molecule has 0 aromatic carbocycles. The highest BCUT2D eigenvalue weighted by atomic mass is 79.9. The highest BCUT2D eigenvalue weighted by Gasteiger charge is 2.07. The smallest absolute Gasteiger partial charge is 0.0763 e. The normalized spacial score (nSPS) is 11.1. The van der Waals surface area contributed by atoms with Gasteiger partial charge >= 0.3 is 0 Å². The van der Waals surface area contributed by atoms with Crippen molar-refractivity contribution in [2.45, 2.75) is 20.0 Å². The summed E-state index contributed by atoms with van der Waals surface area (Å²) in [6, 6.07) is 2.07. The maximum absolute atomic E-state index is 5.01. The SMILES string of the molecule is COCCNCc1cn(Cc2sccc2Br)nc1C. The minimum Gasteiger partial charge on any atom is -0.383 e. The van der Waals surface area contributed by atoms with Crippen LogP contribution in [0.3, 0.4) is 0 Å². The van der Waals surface area contributed by atoms with Crippen molar-refractivity contribution in [3.8, 4) is 0 Å². The van der Waals surface area contributed by atoms with Gasteiger partial charge in [0.05, 0.1) is 18.8 Å². The molecule has 2 aromatic rings. The molecule has 2 heterocycles. The summed E-state index contributed by atoms with van der Waals surface area (Å²) in [4.78, 5) is 1.29. The van der Waals surface area contributed by atoms with Gasteiger partial charge in [0.25, 0.3) is 0 Å². The lowest BCUT2D eigenvalue weighted by Crippen LogP contribution is -2.18. The van der Waals surface area contributed by atoms with Gasteiger partial charge in [-0.05, 0) is 34.3 Å². The van der Waals surface area contributed by atoms with Crippen LogP contribution in [0.4, 0.5) is 0 Å². The maximum atomic E-state index is 5.01. The van der Waals surface area contributed by atoms with Crippen LogP contribution < -0.4 is 5.32 Å². The number of aryl methyl sites for hydroxylation is 1. The first-order valence-electron chi connectivity index (χ1n) is 6.15. The Labute approximate surface area is 125 Å². The molecule has 0 atom stereocenters. The molecule has 0 saturated carbocycles. The summed E-state index contributed by atoms with van der Waals surface area (Å²) in [5.41, 5.74) is 2.32. The van der Waals surface area contributed by atoms with Crippen LogP contribution in [0.5, 0.6) is 0 Å². The Morgan fingerprint density at radius 1 is 1.53 bits per heavy atom. The van der Waals surface area contributed by atoms with Gasteiger partial charge < -0.3 is 10.1 Å². The molecule has 19 heavy (non-hydrogen) atoms. The fourth-order valence-corrected chi connectivity index (χ4v) is 3.26. The third-order valence-corrected chi connectivity index (χ3v) is 4.75. The van der Waals surface area contributed by atoms with Gasteiger partial charge in [0.15, 0.2) is 0 Å². The van der Waals surface area contributed by atoms with E-state index in [9.17, 15) is 0 Å². The minimum absolute atomic E-state index is 0.731. The molecule has 0 saturated heterocycles. The van der Waals surface area contributed by atoms with Crippen molar-refractivity contribution in [1.82, 2.24) is 15.1 Å². The third kappa shape index (κ3) is 4.14. The molecule has 4 nitrogen and oxygen atoms in total. The highest BCUT2D eigenvalue weighted by molar-refractivity contribution is 9.10. The van der Waals surface area contributed by atoms with Gasteiger partial charge in [-0.1, -0.05) is 0 Å². The molecular weight excluding hydrogens is 326 g/mol. The lowest BCUT2D eigenvalue weighted by molar-refractivity contribution is 0.199. The molecule has 0 bridgehead atoms. The molecule has 104 valence electrons. The molecule has 1 N–H and O–H groups in total. The molecule has 0 unspecified atom stereocenters. The van der Waals surface area contributed by atoms with Crippen molar-refractivity contribution < 1.29 is 4.74 Å². The van der Waals surface area contributed by atoms with Crippen molar-refractivity contribution >= 4 is 27.3 Å². The van der Waals surface area contributed by atoms with Crippen LogP contribution in [0.1, 0.15) is 16.1 Å². The topological polar surface area (TPSA) is 39.1 Å². The summed E-state index contributed by atoms with van der Waals surface area (Å²) in [5, 5.41) is 9.99.